The Balaban J connectivity index is 1.64. The van der Waals surface area contributed by atoms with Crippen LogP contribution in [0.25, 0.3) is 0 Å². The molecular weight excluding hydrogens is 462 g/mol. The minimum absolute atomic E-state index is 0.0455. The number of nitrogens with zero attached hydrogens (tertiary/aromatic N) is 2. The number of nitrogens with one attached hydrogen (secondary N) is 1. The van der Waals surface area contributed by atoms with Gasteiger partial charge in [-0.3, -0.25) is 14.5 Å². The molecule has 2 aromatic carbocycles. The van der Waals surface area contributed by atoms with E-state index in [9.17, 15) is 13.2 Å². The van der Waals surface area contributed by atoms with Crippen molar-refractivity contribution in [3.05, 3.63) is 107 Å². The van der Waals surface area contributed by atoms with Crippen LogP contribution >= 0.6 is 11.6 Å². The fraction of sp³-hybridized carbons (Fsp3) is 0.125. The number of carbonyl (C=O) groups excluding carboxylic acids is 1. The van der Waals surface area contributed by atoms with Gasteiger partial charge in [0.15, 0.2) is 5.78 Å². The van der Waals surface area contributed by atoms with Gasteiger partial charge in [0.1, 0.15) is 6.26 Å². The van der Waals surface area contributed by atoms with Gasteiger partial charge >= 0.3 is 0 Å². The standard InChI is InChI=1S/C24H20ClN3O4S/c1-24(2,23-27-12-13-32-23)17-5-8-19(9-6-17)33(30,31)28-21-10-7-18(25)14-20(21)22(29)16-4-3-11-26-15-16/h3-15,28H,1-2H3. The van der Waals surface area contributed by atoms with Gasteiger partial charge in [-0.15, -0.1) is 0 Å². The van der Waals surface area contributed by atoms with Crippen molar-refractivity contribution < 1.29 is 17.6 Å². The Morgan fingerprint density at radius 3 is 2.45 bits per heavy atom. The summed E-state index contributed by atoms with van der Waals surface area (Å²) in [5, 5.41) is 0.309. The van der Waals surface area contributed by atoms with Crippen LogP contribution in [0.1, 0.15) is 41.2 Å². The first kappa shape index (κ1) is 22.7. The molecule has 2 aromatic heterocycles. The van der Waals surface area contributed by atoms with E-state index in [0.29, 0.717) is 16.5 Å². The molecule has 9 heteroatoms. The highest BCUT2D eigenvalue weighted by Gasteiger charge is 2.28. The second-order valence-electron chi connectivity index (χ2n) is 7.85. The molecule has 4 aromatic rings. The van der Waals surface area contributed by atoms with Crippen molar-refractivity contribution in [3.8, 4) is 0 Å². The molecule has 2 heterocycles. The number of ketones is 1. The van der Waals surface area contributed by atoms with Crippen molar-refractivity contribution in [1.82, 2.24) is 9.97 Å². The van der Waals surface area contributed by atoms with Gasteiger partial charge in [-0.05, 0) is 61.9 Å². The topological polar surface area (TPSA) is 102 Å². The van der Waals surface area contributed by atoms with E-state index < -0.39 is 21.2 Å². The van der Waals surface area contributed by atoms with Crippen LogP contribution in [0.15, 0.2) is 88.8 Å². The molecule has 0 aliphatic carbocycles. The number of hydrogen-bond donors (Lipinski definition) is 1. The normalized spacial score (nSPS) is 11.8. The van der Waals surface area contributed by atoms with E-state index in [4.69, 9.17) is 16.0 Å². The Kier molecular flexibility index (Phi) is 6.05. The fourth-order valence-corrected chi connectivity index (χ4v) is 4.61. The average Bonchev–Trinajstić information content (AvgIpc) is 3.36. The second-order valence-corrected chi connectivity index (χ2v) is 9.97. The molecule has 1 N–H and O–H groups in total. The molecule has 168 valence electrons. The van der Waals surface area contributed by atoms with Crippen LogP contribution in [0.3, 0.4) is 0 Å². The van der Waals surface area contributed by atoms with E-state index >= 15 is 0 Å². The van der Waals surface area contributed by atoms with Crippen LogP contribution < -0.4 is 4.72 Å². The molecule has 0 amide bonds. The Morgan fingerprint density at radius 1 is 1.06 bits per heavy atom. The highest BCUT2D eigenvalue weighted by molar-refractivity contribution is 7.92. The molecule has 0 unspecified atom stereocenters. The minimum Gasteiger partial charge on any atom is -0.448 e. The summed E-state index contributed by atoms with van der Waals surface area (Å²) in [4.78, 5) is 21.2. The maximum Gasteiger partial charge on any atom is 0.261 e. The van der Waals surface area contributed by atoms with E-state index in [1.54, 1.807) is 36.7 Å². The van der Waals surface area contributed by atoms with Gasteiger partial charge in [-0.2, -0.15) is 0 Å². The predicted octanol–water partition coefficient (Wildman–Crippen LogP) is 5.08. The van der Waals surface area contributed by atoms with Crippen LogP contribution in [0.5, 0.6) is 0 Å². The third-order valence-electron chi connectivity index (χ3n) is 5.25. The van der Waals surface area contributed by atoms with Gasteiger partial charge < -0.3 is 4.42 Å². The van der Waals surface area contributed by atoms with Crippen LogP contribution in [0.4, 0.5) is 5.69 Å². The first-order valence-corrected chi connectivity index (χ1v) is 11.8. The lowest BCUT2D eigenvalue weighted by Gasteiger charge is -2.21. The van der Waals surface area contributed by atoms with Crippen molar-refractivity contribution in [2.45, 2.75) is 24.2 Å². The lowest BCUT2D eigenvalue weighted by molar-refractivity contribution is 0.103. The molecular formula is C24H20ClN3O4S. The third-order valence-corrected chi connectivity index (χ3v) is 6.86. The number of sulfonamides is 1. The summed E-state index contributed by atoms with van der Waals surface area (Å²) in [6.45, 7) is 3.87. The molecule has 0 saturated heterocycles. The summed E-state index contributed by atoms with van der Waals surface area (Å²) >= 11 is 6.08. The molecule has 0 spiro atoms. The summed E-state index contributed by atoms with van der Waals surface area (Å²) in [7, 11) is -3.98. The molecule has 0 radical (unpaired) electrons. The lowest BCUT2D eigenvalue weighted by Crippen LogP contribution is -2.20. The number of pyridine rings is 1. The van der Waals surface area contributed by atoms with Crippen molar-refractivity contribution in [3.63, 3.8) is 0 Å². The van der Waals surface area contributed by atoms with E-state index in [1.165, 1.54) is 42.8 Å². The zero-order chi connectivity index (χ0) is 23.6. The van der Waals surface area contributed by atoms with Crippen LogP contribution in [-0.4, -0.2) is 24.2 Å². The molecule has 0 bridgehead atoms. The van der Waals surface area contributed by atoms with Gasteiger partial charge in [0.05, 0.1) is 22.2 Å². The molecule has 0 atom stereocenters. The third kappa shape index (κ3) is 4.67. The van der Waals surface area contributed by atoms with E-state index in [0.717, 1.165) is 5.56 Å². The van der Waals surface area contributed by atoms with Gasteiger partial charge in [0.2, 0.25) is 5.89 Å². The van der Waals surface area contributed by atoms with Gasteiger partial charge in [-0.25, -0.2) is 13.4 Å². The molecule has 0 aliphatic rings. The number of hydrogen-bond acceptors (Lipinski definition) is 6. The van der Waals surface area contributed by atoms with Crippen LogP contribution in [0, 0.1) is 0 Å². The first-order chi connectivity index (χ1) is 15.7. The Labute approximate surface area is 196 Å². The molecule has 0 fully saturated rings. The van der Waals surface area contributed by atoms with Crippen LogP contribution in [0.2, 0.25) is 5.02 Å². The fourth-order valence-electron chi connectivity index (χ4n) is 3.36. The molecule has 33 heavy (non-hydrogen) atoms. The lowest BCUT2D eigenvalue weighted by atomic mass is 9.84. The molecule has 0 saturated carbocycles. The van der Waals surface area contributed by atoms with Gasteiger partial charge in [0, 0.05) is 28.5 Å². The molecule has 0 aliphatic heterocycles. The molecule has 7 nitrogen and oxygen atoms in total. The number of halogens is 1. The number of carbonyl (C=O) groups is 1. The Hall–Kier alpha value is -3.49. The Morgan fingerprint density at radius 2 is 1.82 bits per heavy atom. The average molecular weight is 482 g/mol. The van der Waals surface area contributed by atoms with E-state index in [-0.39, 0.29) is 16.1 Å². The summed E-state index contributed by atoms with van der Waals surface area (Å²) in [5.41, 5.74) is 0.859. The monoisotopic (exact) mass is 481 g/mol. The SMILES string of the molecule is CC(C)(c1ccc(S(=O)(=O)Nc2ccc(Cl)cc2C(=O)c2cccnc2)cc1)c1ncco1. The summed E-state index contributed by atoms with van der Waals surface area (Å²) in [6, 6.07) is 14.1. The summed E-state index contributed by atoms with van der Waals surface area (Å²) in [6.07, 6.45) is 6.02. The summed E-state index contributed by atoms with van der Waals surface area (Å²) in [5.74, 6) is 0.127. The number of benzene rings is 2. The summed E-state index contributed by atoms with van der Waals surface area (Å²) < 4.78 is 34.1. The number of rotatable bonds is 7. The predicted molar refractivity (Wildman–Crippen MR) is 125 cm³/mol. The van der Waals surface area contributed by atoms with Crippen molar-refractivity contribution >= 4 is 33.1 Å². The van der Waals surface area contributed by atoms with Gasteiger partial charge in [0.25, 0.3) is 10.0 Å². The highest BCUT2D eigenvalue weighted by atomic mass is 35.5. The molecule has 4 rings (SSSR count). The quantitative estimate of drug-likeness (QED) is 0.369. The second kappa shape index (κ2) is 8.80. The van der Waals surface area contributed by atoms with E-state index in [1.807, 2.05) is 13.8 Å². The maximum absolute atomic E-state index is 13.1. The largest absolute Gasteiger partial charge is 0.448 e. The maximum atomic E-state index is 13.1. The van der Waals surface area contributed by atoms with Crippen molar-refractivity contribution in [2.75, 3.05) is 4.72 Å². The van der Waals surface area contributed by atoms with Crippen molar-refractivity contribution in [2.24, 2.45) is 0 Å². The Bertz CT molecular complexity index is 1390. The van der Waals surface area contributed by atoms with Gasteiger partial charge in [-0.1, -0.05) is 23.7 Å². The zero-order valence-corrected chi connectivity index (χ0v) is 19.4. The number of oxazole rings is 1. The highest BCUT2D eigenvalue weighted by Crippen LogP contribution is 2.31. The van der Waals surface area contributed by atoms with Crippen molar-refractivity contribution in [1.29, 1.82) is 0 Å². The minimum atomic E-state index is -3.98. The number of anilines is 1. The zero-order valence-electron chi connectivity index (χ0n) is 17.8. The smallest absolute Gasteiger partial charge is 0.261 e. The first-order valence-electron chi connectivity index (χ1n) is 9.96. The van der Waals surface area contributed by atoms with E-state index in [2.05, 4.69) is 14.7 Å². The van der Waals surface area contributed by atoms with Crippen LogP contribution in [-0.2, 0) is 15.4 Å². The number of aromatic nitrogens is 2.